The fourth-order valence-corrected chi connectivity index (χ4v) is 2.04. The molecule has 0 aliphatic heterocycles. The number of aromatic nitrogens is 1. The van der Waals surface area contributed by atoms with Crippen LogP contribution in [-0.2, 0) is 11.2 Å². The Balaban J connectivity index is 2.01. The molecule has 1 heterocycles. The summed E-state index contributed by atoms with van der Waals surface area (Å²) in [6, 6.07) is 12.4. The molecular weight excluding hydrogens is 274 g/mol. The highest BCUT2D eigenvalue weighted by molar-refractivity contribution is 6.29. The lowest BCUT2D eigenvalue weighted by atomic mass is 10.1. The van der Waals surface area contributed by atoms with Gasteiger partial charge in [-0.2, -0.15) is 0 Å². The highest BCUT2D eigenvalue weighted by Crippen LogP contribution is 2.16. The van der Waals surface area contributed by atoms with E-state index in [9.17, 15) is 4.79 Å². The molecule has 0 fully saturated rings. The van der Waals surface area contributed by atoms with Gasteiger partial charge in [-0.3, -0.25) is 4.79 Å². The number of nitrogens with one attached hydrogen (secondary N) is 1. The minimum atomic E-state index is -0.604. The number of hydrogen-bond acceptors (Lipinski definition) is 3. The Hall–Kier alpha value is -1.91. The van der Waals surface area contributed by atoms with Gasteiger partial charge < -0.3 is 11.1 Å². The van der Waals surface area contributed by atoms with Crippen molar-refractivity contribution in [3.05, 3.63) is 58.9 Å². The SMILES string of the molecule is Cc1nc(Cl)ccc1NC(=O)C(N)Cc1ccccc1. The molecule has 0 aliphatic rings. The van der Waals surface area contributed by atoms with Gasteiger partial charge in [0.25, 0.3) is 0 Å². The molecule has 1 amide bonds. The van der Waals surface area contributed by atoms with Crippen molar-refractivity contribution in [1.82, 2.24) is 4.98 Å². The van der Waals surface area contributed by atoms with Crippen molar-refractivity contribution in [3.8, 4) is 0 Å². The maximum Gasteiger partial charge on any atom is 0.241 e. The first-order valence-corrected chi connectivity index (χ1v) is 6.67. The van der Waals surface area contributed by atoms with Crippen molar-refractivity contribution >= 4 is 23.2 Å². The lowest BCUT2D eigenvalue weighted by Crippen LogP contribution is -2.37. The highest BCUT2D eigenvalue weighted by Gasteiger charge is 2.15. The van der Waals surface area contributed by atoms with Crippen molar-refractivity contribution in [3.63, 3.8) is 0 Å². The van der Waals surface area contributed by atoms with Crippen LogP contribution in [0, 0.1) is 6.92 Å². The van der Waals surface area contributed by atoms with Crippen LogP contribution in [-0.4, -0.2) is 16.9 Å². The van der Waals surface area contributed by atoms with E-state index in [1.807, 2.05) is 30.3 Å². The third-order valence-corrected chi connectivity index (χ3v) is 3.16. The zero-order chi connectivity index (χ0) is 14.5. The predicted molar refractivity (Wildman–Crippen MR) is 80.7 cm³/mol. The Bertz CT molecular complexity index is 601. The Labute approximate surface area is 123 Å². The maximum absolute atomic E-state index is 12.1. The van der Waals surface area contributed by atoms with Crippen LogP contribution in [0.15, 0.2) is 42.5 Å². The van der Waals surface area contributed by atoms with Gasteiger partial charge in [-0.05, 0) is 31.0 Å². The number of benzene rings is 1. The molecule has 20 heavy (non-hydrogen) atoms. The first-order valence-electron chi connectivity index (χ1n) is 6.30. The molecule has 1 atom stereocenters. The van der Waals surface area contributed by atoms with E-state index in [1.54, 1.807) is 19.1 Å². The summed E-state index contributed by atoms with van der Waals surface area (Å²) in [5.41, 5.74) is 8.24. The van der Waals surface area contributed by atoms with Crippen LogP contribution >= 0.6 is 11.6 Å². The number of anilines is 1. The number of aryl methyl sites for hydroxylation is 1. The van der Waals surface area contributed by atoms with Crippen LogP contribution in [0.1, 0.15) is 11.3 Å². The zero-order valence-electron chi connectivity index (χ0n) is 11.1. The smallest absolute Gasteiger partial charge is 0.241 e. The second-order valence-electron chi connectivity index (χ2n) is 4.55. The normalized spacial score (nSPS) is 11.9. The summed E-state index contributed by atoms with van der Waals surface area (Å²) >= 11 is 5.77. The monoisotopic (exact) mass is 289 g/mol. The molecule has 4 nitrogen and oxygen atoms in total. The van der Waals surface area contributed by atoms with E-state index < -0.39 is 6.04 Å². The lowest BCUT2D eigenvalue weighted by molar-refractivity contribution is -0.117. The van der Waals surface area contributed by atoms with Crippen molar-refractivity contribution in [2.24, 2.45) is 5.73 Å². The topological polar surface area (TPSA) is 68.0 Å². The molecule has 0 radical (unpaired) electrons. The van der Waals surface area contributed by atoms with Crippen molar-refractivity contribution < 1.29 is 4.79 Å². The maximum atomic E-state index is 12.1. The summed E-state index contributed by atoms with van der Waals surface area (Å²) in [4.78, 5) is 16.1. The molecule has 104 valence electrons. The van der Waals surface area contributed by atoms with E-state index in [-0.39, 0.29) is 5.91 Å². The summed E-state index contributed by atoms with van der Waals surface area (Å²) in [7, 11) is 0. The third kappa shape index (κ3) is 3.79. The van der Waals surface area contributed by atoms with Gasteiger partial charge in [-0.25, -0.2) is 4.98 Å². The minimum Gasteiger partial charge on any atom is -0.323 e. The lowest BCUT2D eigenvalue weighted by Gasteiger charge is -2.13. The van der Waals surface area contributed by atoms with Crippen LogP contribution in [0.4, 0.5) is 5.69 Å². The van der Waals surface area contributed by atoms with Crippen molar-refractivity contribution in [2.45, 2.75) is 19.4 Å². The third-order valence-electron chi connectivity index (χ3n) is 2.94. The molecule has 0 bridgehead atoms. The molecule has 0 spiro atoms. The number of rotatable bonds is 4. The molecule has 2 rings (SSSR count). The van der Waals surface area contributed by atoms with Crippen LogP contribution in [0.5, 0.6) is 0 Å². The minimum absolute atomic E-state index is 0.235. The molecule has 1 aromatic heterocycles. The fraction of sp³-hybridized carbons (Fsp3) is 0.200. The molecular formula is C15H16ClN3O. The predicted octanol–water partition coefficient (Wildman–Crippen LogP) is 2.55. The van der Waals surface area contributed by atoms with E-state index in [0.29, 0.717) is 23.0 Å². The van der Waals surface area contributed by atoms with Gasteiger partial charge in [-0.15, -0.1) is 0 Å². The number of carbonyl (C=O) groups excluding carboxylic acids is 1. The van der Waals surface area contributed by atoms with Crippen LogP contribution in [0.25, 0.3) is 0 Å². The standard InChI is InChI=1S/C15H16ClN3O/c1-10-13(7-8-14(16)18-10)19-15(20)12(17)9-11-5-3-2-4-6-11/h2-8,12H,9,17H2,1H3,(H,19,20). The molecule has 5 heteroatoms. The molecule has 0 saturated heterocycles. The average molecular weight is 290 g/mol. The molecule has 0 aliphatic carbocycles. The Morgan fingerprint density at radius 2 is 2.00 bits per heavy atom. The van der Waals surface area contributed by atoms with Crippen LogP contribution in [0.3, 0.4) is 0 Å². The van der Waals surface area contributed by atoms with Gasteiger partial charge >= 0.3 is 0 Å². The highest BCUT2D eigenvalue weighted by atomic mass is 35.5. The van der Waals surface area contributed by atoms with Gasteiger partial charge in [0.05, 0.1) is 17.4 Å². The summed E-state index contributed by atoms with van der Waals surface area (Å²) in [6.45, 7) is 1.78. The Morgan fingerprint density at radius 3 is 2.65 bits per heavy atom. The molecule has 1 aromatic carbocycles. The zero-order valence-corrected chi connectivity index (χ0v) is 11.9. The first kappa shape index (κ1) is 14.5. The summed E-state index contributed by atoms with van der Waals surface area (Å²) in [5, 5.41) is 3.17. The quantitative estimate of drug-likeness (QED) is 0.850. The number of amides is 1. The van der Waals surface area contributed by atoms with Crippen molar-refractivity contribution in [2.75, 3.05) is 5.32 Å². The average Bonchev–Trinajstić information content (AvgIpc) is 2.43. The van der Waals surface area contributed by atoms with E-state index in [0.717, 1.165) is 5.56 Å². The van der Waals surface area contributed by atoms with E-state index >= 15 is 0 Å². The second kappa shape index (κ2) is 6.50. The number of hydrogen-bond donors (Lipinski definition) is 2. The fourth-order valence-electron chi connectivity index (χ4n) is 1.85. The van der Waals surface area contributed by atoms with Gasteiger partial charge in [-0.1, -0.05) is 41.9 Å². The number of carbonyl (C=O) groups is 1. The number of nitrogens with zero attached hydrogens (tertiary/aromatic N) is 1. The summed E-state index contributed by atoms with van der Waals surface area (Å²) in [6.07, 6.45) is 0.493. The van der Waals surface area contributed by atoms with E-state index in [2.05, 4.69) is 10.3 Å². The molecule has 1 unspecified atom stereocenters. The van der Waals surface area contributed by atoms with E-state index in [4.69, 9.17) is 17.3 Å². The molecule has 0 saturated carbocycles. The molecule has 3 N–H and O–H groups in total. The molecule has 2 aromatic rings. The summed E-state index contributed by atoms with van der Waals surface area (Å²) < 4.78 is 0. The Morgan fingerprint density at radius 1 is 1.30 bits per heavy atom. The van der Waals surface area contributed by atoms with Gasteiger partial charge in [0.2, 0.25) is 5.91 Å². The van der Waals surface area contributed by atoms with Gasteiger partial charge in [0.1, 0.15) is 5.15 Å². The van der Waals surface area contributed by atoms with E-state index in [1.165, 1.54) is 0 Å². The van der Waals surface area contributed by atoms with Crippen molar-refractivity contribution in [1.29, 1.82) is 0 Å². The van der Waals surface area contributed by atoms with Crippen LogP contribution in [0.2, 0.25) is 5.15 Å². The summed E-state index contributed by atoms with van der Waals surface area (Å²) in [5.74, 6) is -0.235. The first-order chi connectivity index (χ1) is 9.56. The number of nitrogens with two attached hydrogens (primary N) is 1. The second-order valence-corrected chi connectivity index (χ2v) is 4.94. The van der Waals surface area contributed by atoms with Crippen LogP contribution < -0.4 is 11.1 Å². The number of halogens is 1. The largest absolute Gasteiger partial charge is 0.323 e. The Kier molecular flexibility index (Phi) is 4.71. The van der Waals surface area contributed by atoms with Gasteiger partial charge in [0.15, 0.2) is 0 Å². The van der Waals surface area contributed by atoms with Gasteiger partial charge in [0, 0.05) is 0 Å². The number of pyridine rings is 1.